The molecule has 0 aliphatic carbocycles. The van der Waals surface area contributed by atoms with Crippen LogP contribution in [0.25, 0.3) is 0 Å². The number of piperidine rings is 1. The van der Waals surface area contributed by atoms with Crippen LogP contribution in [-0.2, 0) is 9.59 Å². The maximum absolute atomic E-state index is 13.6. The summed E-state index contributed by atoms with van der Waals surface area (Å²) in [5.74, 6) is -0.992. The van der Waals surface area contributed by atoms with E-state index in [1.807, 2.05) is 0 Å². The summed E-state index contributed by atoms with van der Waals surface area (Å²) >= 11 is 3.17. The molecule has 22 heavy (non-hydrogen) atoms. The predicted molar refractivity (Wildman–Crippen MR) is 85.7 cm³/mol. The Hall–Kier alpha value is -1.47. The molecule has 0 saturated carbocycles. The van der Waals surface area contributed by atoms with E-state index in [0.717, 1.165) is 25.9 Å². The zero-order chi connectivity index (χ0) is 16.1. The topological polar surface area (TPSA) is 75.4 Å². The first-order chi connectivity index (χ1) is 10.5. The summed E-state index contributed by atoms with van der Waals surface area (Å²) < 4.78 is 14.3. The van der Waals surface area contributed by atoms with Gasteiger partial charge in [-0.2, -0.15) is 0 Å². The molecule has 0 atom stereocenters. The summed E-state index contributed by atoms with van der Waals surface area (Å²) in [7, 11) is 0. The van der Waals surface area contributed by atoms with Crippen molar-refractivity contribution in [3.8, 4) is 0 Å². The van der Waals surface area contributed by atoms with Gasteiger partial charge in [-0.05, 0) is 44.1 Å². The minimum Gasteiger partial charge on any atom is -0.369 e. The number of hydrogen-bond acceptors (Lipinski definition) is 3. The fraction of sp³-hybridized carbons (Fsp3) is 0.467. The van der Waals surface area contributed by atoms with E-state index < -0.39 is 5.82 Å². The predicted octanol–water partition coefficient (Wildman–Crippen LogP) is 2.11. The van der Waals surface area contributed by atoms with E-state index in [1.54, 1.807) is 6.07 Å². The molecule has 1 saturated heterocycles. The van der Waals surface area contributed by atoms with Crippen molar-refractivity contribution in [3.63, 3.8) is 0 Å². The van der Waals surface area contributed by atoms with E-state index in [0.29, 0.717) is 11.0 Å². The Labute approximate surface area is 137 Å². The van der Waals surface area contributed by atoms with E-state index in [1.165, 1.54) is 12.1 Å². The lowest BCUT2D eigenvalue weighted by atomic mass is 9.96. The van der Waals surface area contributed by atoms with Crippen molar-refractivity contribution in [2.24, 2.45) is 11.7 Å². The van der Waals surface area contributed by atoms with Crippen molar-refractivity contribution >= 4 is 33.4 Å². The molecule has 1 aliphatic rings. The number of likely N-dealkylation sites (tertiary alicyclic amines) is 1. The molecule has 2 rings (SSSR count). The smallest absolute Gasteiger partial charge is 0.225 e. The van der Waals surface area contributed by atoms with E-state index in [4.69, 9.17) is 5.73 Å². The number of nitrogens with zero attached hydrogens (tertiary/aromatic N) is 1. The third-order valence-electron chi connectivity index (χ3n) is 3.85. The lowest BCUT2D eigenvalue weighted by molar-refractivity contribution is -0.123. The fourth-order valence-electron chi connectivity index (χ4n) is 2.50. The van der Waals surface area contributed by atoms with Gasteiger partial charge in [-0.15, -0.1) is 0 Å². The normalized spacial score (nSPS) is 16.5. The number of carbonyl (C=O) groups is 2. The number of halogens is 2. The molecular weight excluding hydrogens is 353 g/mol. The van der Waals surface area contributed by atoms with Crippen molar-refractivity contribution in [1.29, 1.82) is 0 Å². The maximum Gasteiger partial charge on any atom is 0.225 e. The number of primary amides is 1. The first-order valence-corrected chi connectivity index (χ1v) is 8.01. The first kappa shape index (κ1) is 16.9. The van der Waals surface area contributed by atoms with Crippen LogP contribution >= 0.6 is 15.9 Å². The number of anilines is 1. The van der Waals surface area contributed by atoms with Gasteiger partial charge in [0, 0.05) is 23.4 Å². The van der Waals surface area contributed by atoms with Crippen LogP contribution in [0.4, 0.5) is 10.1 Å². The number of nitrogens with two attached hydrogens (primary N) is 1. The molecule has 120 valence electrons. The summed E-state index contributed by atoms with van der Waals surface area (Å²) in [5.41, 5.74) is 5.47. The third-order valence-corrected chi connectivity index (χ3v) is 4.34. The summed E-state index contributed by atoms with van der Waals surface area (Å²) in [6, 6.07) is 4.51. The molecule has 1 aliphatic heterocycles. The maximum atomic E-state index is 13.6. The van der Waals surface area contributed by atoms with Crippen molar-refractivity contribution in [3.05, 3.63) is 28.5 Å². The molecule has 2 amide bonds. The highest BCUT2D eigenvalue weighted by Crippen LogP contribution is 2.20. The molecule has 1 aromatic carbocycles. The third kappa shape index (κ3) is 4.78. The van der Waals surface area contributed by atoms with Crippen LogP contribution < -0.4 is 11.1 Å². The van der Waals surface area contributed by atoms with Gasteiger partial charge in [0.15, 0.2) is 0 Å². The molecule has 0 bridgehead atoms. The fourth-order valence-corrected chi connectivity index (χ4v) is 2.84. The van der Waals surface area contributed by atoms with Crippen molar-refractivity contribution in [2.45, 2.75) is 19.3 Å². The largest absolute Gasteiger partial charge is 0.369 e. The number of rotatable bonds is 5. The monoisotopic (exact) mass is 371 g/mol. The van der Waals surface area contributed by atoms with Crippen molar-refractivity contribution in [1.82, 2.24) is 4.90 Å². The number of nitrogens with one attached hydrogen (secondary N) is 1. The van der Waals surface area contributed by atoms with Gasteiger partial charge in [-0.3, -0.25) is 9.59 Å². The highest BCUT2D eigenvalue weighted by molar-refractivity contribution is 9.10. The average Bonchev–Trinajstić information content (AvgIpc) is 2.48. The molecule has 3 N–H and O–H groups in total. The van der Waals surface area contributed by atoms with E-state index in [9.17, 15) is 14.0 Å². The van der Waals surface area contributed by atoms with Gasteiger partial charge in [0.1, 0.15) is 5.82 Å². The van der Waals surface area contributed by atoms with Gasteiger partial charge < -0.3 is 16.0 Å². The SMILES string of the molecule is NC(=O)C1CCN(CCC(=O)Nc2ccc(Br)cc2F)CC1. The Morgan fingerprint density at radius 1 is 1.36 bits per heavy atom. The Kier molecular flexibility index (Phi) is 5.90. The minimum absolute atomic E-state index is 0.0538. The Morgan fingerprint density at radius 2 is 2.05 bits per heavy atom. The number of amides is 2. The Morgan fingerprint density at radius 3 is 2.64 bits per heavy atom. The van der Waals surface area contributed by atoms with Gasteiger partial charge in [0.25, 0.3) is 0 Å². The molecular formula is C15H19BrFN3O2. The highest BCUT2D eigenvalue weighted by Gasteiger charge is 2.23. The Bertz CT molecular complexity index is 560. The van der Waals surface area contributed by atoms with Crippen LogP contribution in [0.1, 0.15) is 19.3 Å². The highest BCUT2D eigenvalue weighted by atomic mass is 79.9. The van der Waals surface area contributed by atoms with E-state index in [-0.39, 0.29) is 29.8 Å². The summed E-state index contributed by atoms with van der Waals surface area (Å²) in [6.07, 6.45) is 1.76. The van der Waals surface area contributed by atoms with E-state index in [2.05, 4.69) is 26.1 Å². The van der Waals surface area contributed by atoms with Crippen molar-refractivity contribution < 1.29 is 14.0 Å². The molecule has 0 spiro atoms. The van der Waals surface area contributed by atoms with Gasteiger partial charge in [0.05, 0.1) is 5.69 Å². The number of benzene rings is 1. The lowest BCUT2D eigenvalue weighted by Gasteiger charge is -2.30. The summed E-state index contributed by atoms with van der Waals surface area (Å²) in [5, 5.41) is 2.57. The molecule has 5 nitrogen and oxygen atoms in total. The van der Waals surface area contributed by atoms with Crippen LogP contribution in [0.2, 0.25) is 0 Å². The molecule has 0 unspecified atom stereocenters. The van der Waals surface area contributed by atoms with Gasteiger partial charge in [0.2, 0.25) is 11.8 Å². The zero-order valence-corrected chi connectivity index (χ0v) is 13.7. The minimum atomic E-state index is -0.468. The van der Waals surface area contributed by atoms with E-state index >= 15 is 0 Å². The van der Waals surface area contributed by atoms with Gasteiger partial charge in [-0.25, -0.2) is 4.39 Å². The van der Waals surface area contributed by atoms with Crippen LogP contribution in [0.15, 0.2) is 22.7 Å². The van der Waals surface area contributed by atoms with Crippen LogP contribution in [0.5, 0.6) is 0 Å². The van der Waals surface area contributed by atoms with Crippen LogP contribution in [-0.4, -0.2) is 36.3 Å². The second-order valence-electron chi connectivity index (χ2n) is 5.44. The average molecular weight is 372 g/mol. The second kappa shape index (κ2) is 7.69. The number of carbonyl (C=O) groups excluding carboxylic acids is 2. The zero-order valence-electron chi connectivity index (χ0n) is 12.1. The molecule has 1 fully saturated rings. The standard InChI is InChI=1S/C15H19BrFN3O2/c16-11-1-2-13(12(17)9-11)19-14(21)5-8-20-6-3-10(4-7-20)15(18)22/h1-2,9-10H,3-8H2,(H2,18,22)(H,19,21). The summed E-state index contributed by atoms with van der Waals surface area (Å²) in [6.45, 7) is 2.11. The molecule has 0 radical (unpaired) electrons. The summed E-state index contributed by atoms with van der Waals surface area (Å²) in [4.78, 5) is 25.1. The van der Waals surface area contributed by atoms with Crippen molar-refractivity contribution in [2.75, 3.05) is 25.0 Å². The lowest BCUT2D eigenvalue weighted by Crippen LogP contribution is -2.39. The first-order valence-electron chi connectivity index (χ1n) is 7.22. The molecule has 0 aromatic heterocycles. The van der Waals surface area contributed by atoms with Crippen LogP contribution in [0.3, 0.4) is 0 Å². The Balaban J connectivity index is 1.75. The molecule has 1 aromatic rings. The number of hydrogen-bond donors (Lipinski definition) is 2. The van der Waals surface area contributed by atoms with Gasteiger partial charge in [-0.1, -0.05) is 15.9 Å². The quantitative estimate of drug-likeness (QED) is 0.832. The van der Waals surface area contributed by atoms with Gasteiger partial charge >= 0.3 is 0 Å². The van der Waals surface area contributed by atoms with Crippen LogP contribution in [0, 0.1) is 11.7 Å². The molecule has 7 heteroatoms. The molecule has 1 heterocycles. The second-order valence-corrected chi connectivity index (χ2v) is 6.36.